The number of nitrogens with zero attached hydrogens (tertiary/aromatic N) is 2. The van der Waals surface area contributed by atoms with Crippen LogP contribution in [0.25, 0.3) is 0 Å². The Morgan fingerprint density at radius 2 is 1.71 bits per heavy atom. The van der Waals surface area contributed by atoms with Crippen molar-refractivity contribution in [2.24, 2.45) is 5.41 Å². The van der Waals surface area contributed by atoms with Crippen molar-refractivity contribution in [2.75, 3.05) is 40.3 Å². The lowest BCUT2D eigenvalue weighted by Crippen LogP contribution is -2.46. The molecule has 2 saturated heterocycles. The lowest BCUT2D eigenvalue weighted by Gasteiger charge is -2.39. The molecular formula is C18H35N3. The summed E-state index contributed by atoms with van der Waals surface area (Å²) < 4.78 is 0. The van der Waals surface area contributed by atoms with Gasteiger partial charge in [-0.25, -0.2) is 0 Å². The Morgan fingerprint density at radius 3 is 2.43 bits per heavy atom. The lowest BCUT2D eigenvalue weighted by atomic mass is 9.79. The van der Waals surface area contributed by atoms with Crippen molar-refractivity contribution in [1.29, 1.82) is 0 Å². The first-order chi connectivity index (χ1) is 10.2. The van der Waals surface area contributed by atoms with Gasteiger partial charge in [-0.1, -0.05) is 25.7 Å². The van der Waals surface area contributed by atoms with Gasteiger partial charge in [0.1, 0.15) is 0 Å². The first-order valence-corrected chi connectivity index (χ1v) is 9.31. The SMILES string of the molecule is CNCC1(CN2CCC3CCC(C2)N3C)CCCCCC1. The predicted molar refractivity (Wildman–Crippen MR) is 89.7 cm³/mol. The second-order valence-electron chi connectivity index (χ2n) is 8.02. The van der Waals surface area contributed by atoms with Crippen molar-refractivity contribution in [3.63, 3.8) is 0 Å². The van der Waals surface area contributed by atoms with Crippen molar-refractivity contribution in [1.82, 2.24) is 15.1 Å². The Balaban J connectivity index is 1.65. The summed E-state index contributed by atoms with van der Waals surface area (Å²) >= 11 is 0. The van der Waals surface area contributed by atoms with Crippen LogP contribution in [0.5, 0.6) is 0 Å². The third-order valence-corrected chi connectivity index (χ3v) is 6.51. The van der Waals surface area contributed by atoms with Crippen molar-refractivity contribution in [3.8, 4) is 0 Å². The molecule has 0 aromatic rings. The zero-order valence-corrected chi connectivity index (χ0v) is 14.2. The summed E-state index contributed by atoms with van der Waals surface area (Å²) in [5, 5.41) is 3.52. The topological polar surface area (TPSA) is 18.5 Å². The monoisotopic (exact) mass is 293 g/mol. The molecule has 0 aromatic carbocycles. The molecule has 2 heterocycles. The molecule has 1 aliphatic carbocycles. The smallest absolute Gasteiger partial charge is 0.0223 e. The van der Waals surface area contributed by atoms with E-state index in [4.69, 9.17) is 0 Å². The number of nitrogens with one attached hydrogen (secondary N) is 1. The van der Waals surface area contributed by atoms with E-state index in [1.54, 1.807) is 0 Å². The van der Waals surface area contributed by atoms with Gasteiger partial charge >= 0.3 is 0 Å². The third kappa shape index (κ3) is 3.62. The van der Waals surface area contributed by atoms with E-state index < -0.39 is 0 Å². The second-order valence-corrected chi connectivity index (χ2v) is 8.02. The van der Waals surface area contributed by atoms with Gasteiger partial charge in [0.25, 0.3) is 0 Å². The van der Waals surface area contributed by atoms with E-state index in [0.717, 1.165) is 12.1 Å². The van der Waals surface area contributed by atoms with Gasteiger partial charge in [0, 0.05) is 31.7 Å². The minimum absolute atomic E-state index is 0.549. The molecule has 2 unspecified atom stereocenters. The van der Waals surface area contributed by atoms with E-state index >= 15 is 0 Å². The van der Waals surface area contributed by atoms with Crippen LogP contribution in [0, 0.1) is 5.41 Å². The van der Waals surface area contributed by atoms with Crippen LogP contribution in [0.15, 0.2) is 0 Å². The van der Waals surface area contributed by atoms with Gasteiger partial charge < -0.3 is 10.2 Å². The van der Waals surface area contributed by atoms with Crippen LogP contribution in [0.4, 0.5) is 0 Å². The van der Waals surface area contributed by atoms with Gasteiger partial charge in [-0.3, -0.25) is 4.90 Å². The van der Waals surface area contributed by atoms with E-state index in [0.29, 0.717) is 5.41 Å². The molecular weight excluding hydrogens is 258 g/mol. The molecule has 0 amide bonds. The Hall–Kier alpha value is -0.120. The molecule has 3 rings (SSSR count). The quantitative estimate of drug-likeness (QED) is 0.804. The van der Waals surface area contributed by atoms with Crippen LogP contribution >= 0.6 is 0 Å². The maximum absolute atomic E-state index is 3.52. The van der Waals surface area contributed by atoms with Gasteiger partial charge in [-0.15, -0.1) is 0 Å². The van der Waals surface area contributed by atoms with Gasteiger partial charge in [-0.2, -0.15) is 0 Å². The Kier molecular flexibility index (Phi) is 5.23. The number of hydrogen-bond acceptors (Lipinski definition) is 3. The van der Waals surface area contributed by atoms with Crippen molar-refractivity contribution < 1.29 is 0 Å². The second kappa shape index (κ2) is 6.97. The summed E-state index contributed by atoms with van der Waals surface area (Å²) in [6.07, 6.45) is 12.9. The molecule has 3 heteroatoms. The van der Waals surface area contributed by atoms with Crippen LogP contribution in [0.2, 0.25) is 0 Å². The maximum Gasteiger partial charge on any atom is 0.0223 e. The fourth-order valence-electron chi connectivity index (χ4n) is 5.24. The summed E-state index contributed by atoms with van der Waals surface area (Å²) in [6, 6.07) is 1.70. The van der Waals surface area contributed by atoms with E-state index in [-0.39, 0.29) is 0 Å². The molecule has 0 spiro atoms. The molecule has 2 bridgehead atoms. The normalized spacial score (nSPS) is 34.6. The molecule has 2 atom stereocenters. The van der Waals surface area contributed by atoms with E-state index in [9.17, 15) is 0 Å². The van der Waals surface area contributed by atoms with Crippen LogP contribution in [-0.2, 0) is 0 Å². The van der Waals surface area contributed by atoms with E-state index in [1.165, 1.54) is 84.0 Å². The van der Waals surface area contributed by atoms with Gasteiger partial charge in [0.05, 0.1) is 0 Å². The molecule has 3 aliphatic rings. The summed E-state index contributed by atoms with van der Waals surface area (Å²) in [4.78, 5) is 5.50. The molecule has 1 saturated carbocycles. The summed E-state index contributed by atoms with van der Waals surface area (Å²) in [7, 11) is 4.51. The molecule has 21 heavy (non-hydrogen) atoms. The summed E-state index contributed by atoms with van der Waals surface area (Å²) in [5.41, 5.74) is 0.549. The fraction of sp³-hybridized carbons (Fsp3) is 1.00. The Morgan fingerprint density at radius 1 is 1.00 bits per heavy atom. The van der Waals surface area contributed by atoms with Gasteiger partial charge in [0.2, 0.25) is 0 Å². The van der Waals surface area contributed by atoms with Crippen LogP contribution < -0.4 is 5.32 Å². The molecule has 2 aliphatic heterocycles. The highest BCUT2D eigenvalue weighted by molar-refractivity contribution is 4.94. The standard InChI is InChI=1S/C18H35N3/c1-19-14-18(10-5-3-4-6-11-18)15-21-12-9-16-7-8-17(13-21)20(16)2/h16-17,19H,3-15H2,1-2H3. The zero-order chi connectivity index (χ0) is 14.7. The number of likely N-dealkylation sites (tertiary alicyclic amines) is 1. The average molecular weight is 293 g/mol. The molecule has 3 fully saturated rings. The van der Waals surface area contributed by atoms with Crippen LogP contribution in [-0.4, -0.2) is 62.2 Å². The van der Waals surface area contributed by atoms with E-state index in [2.05, 4.69) is 29.2 Å². The minimum Gasteiger partial charge on any atom is -0.319 e. The fourth-order valence-corrected chi connectivity index (χ4v) is 5.24. The molecule has 1 N–H and O–H groups in total. The third-order valence-electron chi connectivity index (χ3n) is 6.51. The van der Waals surface area contributed by atoms with Gasteiger partial charge in [0.15, 0.2) is 0 Å². The largest absolute Gasteiger partial charge is 0.319 e. The number of likely N-dealkylation sites (N-methyl/N-ethyl adjacent to an activating group) is 1. The molecule has 0 aromatic heterocycles. The lowest BCUT2D eigenvalue weighted by molar-refractivity contribution is 0.119. The molecule has 122 valence electrons. The summed E-state index contributed by atoms with van der Waals surface area (Å²) in [5.74, 6) is 0. The van der Waals surface area contributed by atoms with Crippen LogP contribution in [0.1, 0.15) is 57.8 Å². The van der Waals surface area contributed by atoms with Gasteiger partial charge in [-0.05, 0) is 58.2 Å². The van der Waals surface area contributed by atoms with Crippen LogP contribution in [0.3, 0.4) is 0 Å². The van der Waals surface area contributed by atoms with Crippen molar-refractivity contribution in [2.45, 2.75) is 69.9 Å². The van der Waals surface area contributed by atoms with E-state index in [1.807, 2.05) is 0 Å². The summed E-state index contributed by atoms with van der Waals surface area (Å²) in [6.45, 7) is 5.20. The maximum atomic E-state index is 3.52. The number of rotatable bonds is 4. The first-order valence-electron chi connectivity index (χ1n) is 9.31. The molecule has 3 nitrogen and oxygen atoms in total. The first kappa shape index (κ1) is 15.8. The zero-order valence-electron chi connectivity index (χ0n) is 14.2. The van der Waals surface area contributed by atoms with Crippen molar-refractivity contribution >= 4 is 0 Å². The molecule has 0 radical (unpaired) electrons. The number of fused-ring (bicyclic) bond motifs is 2. The average Bonchev–Trinajstić information content (AvgIpc) is 2.63. The highest BCUT2D eigenvalue weighted by atomic mass is 15.3. The minimum atomic E-state index is 0.549. The predicted octanol–water partition coefficient (Wildman–Crippen LogP) is 2.71. The highest BCUT2D eigenvalue weighted by Crippen LogP contribution is 2.37. The Bertz CT molecular complexity index is 322. The highest BCUT2D eigenvalue weighted by Gasteiger charge is 2.38. The van der Waals surface area contributed by atoms with Crippen molar-refractivity contribution in [3.05, 3.63) is 0 Å². The number of hydrogen-bond donors (Lipinski definition) is 1. The Labute approximate surface area is 131 Å².